The van der Waals surface area contributed by atoms with E-state index in [1.54, 1.807) is 20.8 Å². The van der Waals surface area contributed by atoms with Crippen LogP contribution >= 0.6 is 0 Å². The molecule has 0 aliphatic heterocycles. The molecular formula is C39H72N2O10. The van der Waals surface area contributed by atoms with Crippen LogP contribution in [0, 0.1) is 0 Å². The SMILES string of the molecule is CC(C)(C)OC(=O)CCCCCCCCCCCCCCCCCCC(=O)N[C@@H](CCC(=O)NCCOCCOCC(=O)O)C(=O)OC(C)(C)C. The fourth-order valence-electron chi connectivity index (χ4n) is 5.32. The number of carboxylic acids is 1. The molecule has 0 radical (unpaired) electrons. The summed E-state index contributed by atoms with van der Waals surface area (Å²) in [5.41, 5.74) is -1.11. The fourth-order valence-corrected chi connectivity index (χ4v) is 5.32. The van der Waals surface area contributed by atoms with Crippen molar-refractivity contribution in [3.63, 3.8) is 0 Å². The fraction of sp³-hybridized carbons (Fsp3) is 0.872. The lowest BCUT2D eigenvalue weighted by Crippen LogP contribution is -2.44. The van der Waals surface area contributed by atoms with Crippen LogP contribution in [0.25, 0.3) is 0 Å². The van der Waals surface area contributed by atoms with Crippen LogP contribution in [0.1, 0.15) is 170 Å². The lowest BCUT2D eigenvalue weighted by atomic mass is 10.0. The number of ether oxygens (including phenoxy) is 4. The summed E-state index contributed by atoms with van der Waals surface area (Å²) in [5, 5.41) is 14.0. The van der Waals surface area contributed by atoms with E-state index in [9.17, 15) is 24.0 Å². The first kappa shape index (κ1) is 48.3. The molecule has 12 nitrogen and oxygen atoms in total. The maximum absolute atomic E-state index is 12.8. The average Bonchev–Trinajstić information content (AvgIpc) is 3.01. The van der Waals surface area contributed by atoms with Gasteiger partial charge in [0.05, 0.1) is 19.8 Å². The Labute approximate surface area is 308 Å². The molecule has 51 heavy (non-hydrogen) atoms. The summed E-state index contributed by atoms with van der Waals surface area (Å²) in [6.45, 7) is 11.4. The highest BCUT2D eigenvalue weighted by molar-refractivity contribution is 5.85. The molecule has 1 atom stereocenters. The molecule has 0 spiro atoms. The summed E-state index contributed by atoms with van der Waals surface area (Å²) in [6, 6.07) is -0.910. The predicted octanol–water partition coefficient (Wildman–Crippen LogP) is 7.19. The first-order chi connectivity index (χ1) is 24.1. The second-order valence-corrected chi connectivity index (χ2v) is 15.3. The highest BCUT2D eigenvalue weighted by Gasteiger charge is 2.27. The lowest BCUT2D eigenvalue weighted by molar-refractivity contribution is -0.159. The maximum Gasteiger partial charge on any atom is 0.329 e. The van der Waals surface area contributed by atoms with Gasteiger partial charge in [0.1, 0.15) is 23.9 Å². The molecule has 12 heteroatoms. The quantitative estimate of drug-likeness (QED) is 0.0477. The second kappa shape index (κ2) is 29.8. The molecule has 0 rings (SSSR count). The molecule has 0 bridgehead atoms. The number of carbonyl (C=O) groups is 5. The number of aliphatic carboxylic acids is 1. The molecule has 0 aromatic heterocycles. The number of hydrogen-bond acceptors (Lipinski definition) is 9. The summed E-state index contributed by atoms with van der Waals surface area (Å²) in [7, 11) is 0. The summed E-state index contributed by atoms with van der Waals surface area (Å²) >= 11 is 0. The Morgan fingerprint density at radius 1 is 0.549 bits per heavy atom. The molecule has 0 aliphatic rings. The standard InChI is InChI=1S/C39H72N2O10/c1-38(2,3)50-36(46)24-22-20-18-16-14-12-10-8-7-9-11-13-15-17-19-21-23-34(43)41-32(37(47)51-39(4,5)6)25-26-33(42)40-27-28-48-29-30-49-31-35(44)45/h32H,7-31H2,1-6H3,(H,40,42)(H,41,43)(H,44,45)/t32-/m0/s1. The van der Waals surface area contributed by atoms with Gasteiger partial charge >= 0.3 is 17.9 Å². The highest BCUT2D eigenvalue weighted by atomic mass is 16.6. The number of carboxylic acid groups (broad SMARTS) is 1. The average molecular weight is 729 g/mol. The van der Waals surface area contributed by atoms with E-state index in [2.05, 4.69) is 10.6 Å². The molecule has 0 saturated heterocycles. The molecule has 298 valence electrons. The summed E-state index contributed by atoms with van der Waals surface area (Å²) < 4.78 is 21.0. The first-order valence-electron chi connectivity index (χ1n) is 19.5. The number of amides is 2. The zero-order valence-electron chi connectivity index (χ0n) is 32.9. The van der Waals surface area contributed by atoms with Crippen molar-refractivity contribution >= 4 is 29.7 Å². The molecule has 0 unspecified atom stereocenters. The van der Waals surface area contributed by atoms with Gasteiger partial charge in [0.2, 0.25) is 11.8 Å². The van der Waals surface area contributed by atoms with Crippen LogP contribution in [0.4, 0.5) is 0 Å². The van der Waals surface area contributed by atoms with Crippen molar-refractivity contribution in [1.29, 1.82) is 0 Å². The minimum Gasteiger partial charge on any atom is -0.480 e. The van der Waals surface area contributed by atoms with Crippen LogP contribution in [0.2, 0.25) is 0 Å². The second-order valence-electron chi connectivity index (χ2n) is 15.3. The Balaban J connectivity index is 3.94. The number of rotatable bonds is 32. The number of esters is 2. The van der Waals surface area contributed by atoms with Gasteiger partial charge in [0.25, 0.3) is 0 Å². The molecule has 0 saturated carbocycles. The van der Waals surface area contributed by atoms with E-state index in [-0.39, 0.29) is 63.6 Å². The largest absolute Gasteiger partial charge is 0.480 e. The van der Waals surface area contributed by atoms with Gasteiger partial charge < -0.3 is 34.7 Å². The van der Waals surface area contributed by atoms with Crippen LogP contribution in [-0.2, 0) is 42.9 Å². The van der Waals surface area contributed by atoms with Gasteiger partial charge in [0, 0.05) is 25.8 Å². The monoisotopic (exact) mass is 729 g/mol. The van der Waals surface area contributed by atoms with Crippen molar-refractivity contribution in [3.8, 4) is 0 Å². The maximum atomic E-state index is 12.8. The van der Waals surface area contributed by atoms with Crippen molar-refractivity contribution in [3.05, 3.63) is 0 Å². The minimum absolute atomic E-state index is 0.0336. The van der Waals surface area contributed by atoms with Crippen LogP contribution in [0.3, 0.4) is 0 Å². The van der Waals surface area contributed by atoms with E-state index in [1.165, 1.54) is 64.2 Å². The van der Waals surface area contributed by atoms with Gasteiger partial charge in [-0.1, -0.05) is 89.9 Å². The Bertz CT molecular complexity index is 959. The molecule has 0 aromatic carbocycles. The zero-order chi connectivity index (χ0) is 38.4. The number of carbonyl (C=O) groups excluding carboxylic acids is 4. The van der Waals surface area contributed by atoms with Crippen LogP contribution in [0.5, 0.6) is 0 Å². The van der Waals surface area contributed by atoms with E-state index in [0.29, 0.717) is 12.8 Å². The molecule has 0 aromatic rings. The Morgan fingerprint density at radius 3 is 1.47 bits per heavy atom. The predicted molar refractivity (Wildman–Crippen MR) is 198 cm³/mol. The number of nitrogens with one attached hydrogen (secondary N) is 2. The van der Waals surface area contributed by atoms with E-state index in [0.717, 1.165) is 38.5 Å². The highest BCUT2D eigenvalue weighted by Crippen LogP contribution is 2.16. The molecule has 2 amide bonds. The van der Waals surface area contributed by atoms with Crippen LogP contribution in [0.15, 0.2) is 0 Å². The van der Waals surface area contributed by atoms with Gasteiger partial charge in [0.15, 0.2) is 0 Å². The van der Waals surface area contributed by atoms with Crippen LogP contribution in [-0.4, -0.2) is 85.0 Å². The van der Waals surface area contributed by atoms with Crippen molar-refractivity contribution in [2.75, 3.05) is 33.0 Å². The van der Waals surface area contributed by atoms with Gasteiger partial charge in [-0.3, -0.25) is 14.4 Å². The zero-order valence-corrected chi connectivity index (χ0v) is 32.9. The summed E-state index contributed by atoms with van der Waals surface area (Å²) in [4.78, 5) is 59.9. The van der Waals surface area contributed by atoms with Crippen LogP contribution < -0.4 is 10.6 Å². The Morgan fingerprint density at radius 2 is 1.00 bits per heavy atom. The third-order valence-corrected chi connectivity index (χ3v) is 7.81. The normalized spacial score (nSPS) is 12.3. The molecule has 3 N–H and O–H groups in total. The van der Waals surface area contributed by atoms with Crippen molar-refractivity contribution in [1.82, 2.24) is 10.6 Å². The van der Waals surface area contributed by atoms with Gasteiger partial charge in [-0.05, 0) is 60.8 Å². The van der Waals surface area contributed by atoms with Crippen molar-refractivity contribution in [2.45, 2.75) is 187 Å². The smallest absolute Gasteiger partial charge is 0.329 e. The van der Waals surface area contributed by atoms with E-state index in [1.807, 2.05) is 20.8 Å². The Kier molecular flexibility index (Phi) is 28.2. The third-order valence-electron chi connectivity index (χ3n) is 7.81. The summed E-state index contributed by atoms with van der Waals surface area (Å²) in [6.07, 6.45) is 19.6. The van der Waals surface area contributed by atoms with E-state index in [4.69, 9.17) is 24.1 Å². The molecule has 0 fully saturated rings. The van der Waals surface area contributed by atoms with Crippen molar-refractivity contribution < 1.29 is 48.0 Å². The summed E-state index contributed by atoms with van der Waals surface area (Å²) in [5.74, 6) is -2.19. The molecule has 0 aliphatic carbocycles. The molecule has 0 heterocycles. The topological polar surface area (TPSA) is 167 Å². The van der Waals surface area contributed by atoms with Gasteiger partial charge in [-0.25, -0.2) is 9.59 Å². The minimum atomic E-state index is -1.05. The third kappa shape index (κ3) is 35.5. The van der Waals surface area contributed by atoms with Crippen molar-refractivity contribution in [2.24, 2.45) is 0 Å². The lowest BCUT2D eigenvalue weighted by Gasteiger charge is -2.24. The number of unbranched alkanes of at least 4 members (excludes halogenated alkanes) is 15. The Hall–Kier alpha value is -2.73. The first-order valence-corrected chi connectivity index (χ1v) is 19.5. The van der Waals surface area contributed by atoms with Gasteiger partial charge in [-0.2, -0.15) is 0 Å². The molecular weight excluding hydrogens is 656 g/mol. The van der Waals surface area contributed by atoms with E-state index >= 15 is 0 Å². The van der Waals surface area contributed by atoms with E-state index < -0.39 is 29.2 Å². The van der Waals surface area contributed by atoms with Gasteiger partial charge in [-0.15, -0.1) is 0 Å². The number of hydrogen-bond donors (Lipinski definition) is 3.